The van der Waals surface area contributed by atoms with E-state index in [1.54, 1.807) is 0 Å². The average molecular weight is 494 g/mol. The minimum Gasteiger partial charge on any atom is -0.374 e. The zero-order valence-corrected chi connectivity index (χ0v) is 22.8. The van der Waals surface area contributed by atoms with Crippen LogP contribution in [0.25, 0.3) is 0 Å². The van der Waals surface area contributed by atoms with Crippen LogP contribution in [0, 0.1) is 17.3 Å². The molecule has 36 heavy (non-hydrogen) atoms. The first-order chi connectivity index (χ1) is 17.1. The zero-order chi connectivity index (χ0) is 27.0. The number of nitrogens with two attached hydrogens (primary N) is 1. The molecule has 196 valence electrons. The third-order valence-corrected chi connectivity index (χ3v) is 5.63. The minimum absolute atomic E-state index is 0.279. The molecular formula is C30H43N3O3. The molecule has 0 atom stereocenters. The number of para-hydroxylation sites is 1. The van der Waals surface area contributed by atoms with Crippen molar-refractivity contribution < 1.29 is 14.3 Å². The topological polar surface area (TPSA) is 84.7 Å². The van der Waals surface area contributed by atoms with Gasteiger partial charge in [0, 0.05) is 56.3 Å². The van der Waals surface area contributed by atoms with Crippen LogP contribution in [0.2, 0.25) is 0 Å². The number of aldehydes is 2. The fraction of sp³-hybridized carbons (Fsp3) is 0.467. The Kier molecular flexibility index (Phi) is 13.7. The molecule has 0 unspecified atom stereocenters. The number of hydrogen-bond acceptors (Lipinski definition) is 6. The molecule has 3 N–H and O–H groups in total. The summed E-state index contributed by atoms with van der Waals surface area (Å²) in [4.78, 5) is 22.3. The highest BCUT2D eigenvalue weighted by Gasteiger charge is 2.20. The van der Waals surface area contributed by atoms with Crippen molar-refractivity contribution in [2.45, 2.75) is 52.7 Å². The van der Waals surface area contributed by atoms with E-state index in [2.05, 4.69) is 65.5 Å². The maximum absolute atomic E-state index is 10.6. The molecule has 0 aromatic heterocycles. The number of hydrogen-bond donors (Lipinski definition) is 2. The molecule has 0 saturated heterocycles. The van der Waals surface area contributed by atoms with E-state index in [-0.39, 0.29) is 11.0 Å². The van der Waals surface area contributed by atoms with E-state index in [4.69, 9.17) is 10.5 Å². The van der Waals surface area contributed by atoms with E-state index in [0.717, 1.165) is 43.2 Å². The maximum Gasteiger partial charge on any atom is 0.125 e. The van der Waals surface area contributed by atoms with Crippen molar-refractivity contribution in [2.75, 3.05) is 38.7 Å². The van der Waals surface area contributed by atoms with Crippen molar-refractivity contribution in [3.63, 3.8) is 0 Å². The van der Waals surface area contributed by atoms with Crippen LogP contribution in [0.3, 0.4) is 0 Å². The standard InChI is InChI=1S/C16H13N.C10H21NO2.C4H9NO/c1-17-12-15-8-3-2-6-13(15)10-11-14-7-4-5-9-16(14)17;1-9(2,8-12)5-6-13-10(3,4)7-11;1-5-3-2-4-6/h2-9H,12H2,1H3;8H,5-7,11H2,1-4H3;4-5H,2-3H2,1H3. The fourth-order valence-corrected chi connectivity index (χ4v) is 3.08. The Morgan fingerprint density at radius 1 is 1.03 bits per heavy atom. The summed E-state index contributed by atoms with van der Waals surface area (Å²) >= 11 is 0. The molecule has 6 heteroatoms. The highest BCUT2D eigenvalue weighted by atomic mass is 16.5. The van der Waals surface area contributed by atoms with E-state index in [9.17, 15) is 9.59 Å². The van der Waals surface area contributed by atoms with Gasteiger partial charge in [-0.15, -0.1) is 0 Å². The van der Waals surface area contributed by atoms with Gasteiger partial charge in [-0.1, -0.05) is 56.0 Å². The number of rotatable bonds is 9. The van der Waals surface area contributed by atoms with E-state index >= 15 is 0 Å². The Bertz CT molecular complexity index is 1010. The van der Waals surface area contributed by atoms with Crippen LogP contribution >= 0.6 is 0 Å². The van der Waals surface area contributed by atoms with Gasteiger partial charge < -0.3 is 30.3 Å². The molecule has 0 amide bonds. The van der Waals surface area contributed by atoms with Gasteiger partial charge in [-0.3, -0.25) is 0 Å². The van der Waals surface area contributed by atoms with Crippen molar-refractivity contribution >= 4 is 18.3 Å². The first-order valence-corrected chi connectivity index (χ1v) is 12.4. The van der Waals surface area contributed by atoms with Crippen molar-refractivity contribution in [3.05, 3.63) is 65.2 Å². The van der Waals surface area contributed by atoms with Gasteiger partial charge in [-0.2, -0.15) is 0 Å². The van der Waals surface area contributed by atoms with E-state index in [0.29, 0.717) is 19.6 Å². The molecule has 3 rings (SSSR count). The van der Waals surface area contributed by atoms with Gasteiger partial charge >= 0.3 is 0 Å². The highest BCUT2D eigenvalue weighted by Crippen LogP contribution is 2.23. The quantitative estimate of drug-likeness (QED) is 0.310. The van der Waals surface area contributed by atoms with Gasteiger partial charge in [0.05, 0.1) is 11.3 Å². The van der Waals surface area contributed by atoms with Gasteiger partial charge in [-0.05, 0) is 51.1 Å². The number of benzene rings is 2. The van der Waals surface area contributed by atoms with Gasteiger partial charge in [0.15, 0.2) is 0 Å². The number of ether oxygens (including phenoxy) is 1. The summed E-state index contributed by atoms with van der Waals surface area (Å²) < 4.78 is 5.53. The molecule has 0 aliphatic carbocycles. The first kappa shape index (κ1) is 31.1. The van der Waals surface area contributed by atoms with Gasteiger partial charge in [-0.25, -0.2) is 0 Å². The molecule has 0 saturated carbocycles. The lowest BCUT2D eigenvalue weighted by Gasteiger charge is -2.25. The molecule has 1 aliphatic rings. The summed E-state index contributed by atoms with van der Waals surface area (Å²) in [7, 11) is 3.94. The number of fused-ring (bicyclic) bond motifs is 2. The van der Waals surface area contributed by atoms with Crippen LogP contribution in [0.4, 0.5) is 5.69 Å². The number of carbonyl (C=O) groups is 2. The lowest BCUT2D eigenvalue weighted by molar-refractivity contribution is -0.116. The van der Waals surface area contributed by atoms with Crippen LogP contribution < -0.4 is 16.0 Å². The first-order valence-electron chi connectivity index (χ1n) is 12.4. The third kappa shape index (κ3) is 11.6. The number of carbonyl (C=O) groups excluding carboxylic acids is 2. The van der Waals surface area contributed by atoms with Crippen LogP contribution in [-0.4, -0.2) is 52.0 Å². The van der Waals surface area contributed by atoms with E-state index in [1.165, 1.54) is 11.3 Å². The summed E-state index contributed by atoms with van der Waals surface area (Å²) in [6, 6.07) is 16.6. The summed E-state index contributed by atoms with van der Waals surface area (Å²) in [5.74, 6) is 6.53. The van der Waals surface area contributed by atoms with Crippen molar-refractivity contribution in [1.82, 2.24) is 5.32 Å². The third-order valence-electron chi connectivity index (χ3n) is 5.63. The molecule has 2 aromatic carbocycles. The molecule has 6 nitrogen and oxygen atoms in total. The summed E-state index contributed by atoms with van der Waals surface area (Å²) in [6.45, 7) is 10.5. The Morgan fingerprint density at radius 3 is 2.22 bits per heavy atom. The average Bonchev–Trinajstić information content (AvgIpc) is 2.86. The van der Waals surface area contributed by atoms with Gasteiger partial charge in [0.1, 0.15) is 12.6 Å². The highest BCUT2D eigenvalue weighted by molar-refractivity contribution is 5.64. The van der Waals surface area contributed by atoms with E-state index < -0.39 is 0 Å². The van der Waals surface area contributed by atoms with Gasteiger partial charge in [0.25, 0.3) is 0 Å². The SMILES string of the molecule is CC(C)(C=O)CCOC(C)(C)CN.CN1Cc2ccccc2C#Cc2ccccc21.CNCCC=O. The van der Waals surface area contributed by atoms with Crippen molar-refractivity contribution in [2.24, 2.45) is 11.1 Å². The second kappa shape index (κ2) is 15.9. The van der Waals surface area contributed by atoms with E-state index in [1.807, 2.05) is 46.9 Å². The predicted octanol–water partition coefficient (Wildman–Crippen LogP) is 4.19. The molecular weight excluding hydrogens is 450 g/mol. The summed E-state index contributed by atoms with van der Waals surface area (Å²) in [6.07, 6.45) is 3.22. The zero-order valence-electron chi connectivity index (χ0n) is 22.8. The number of anilines is 1. The van der Waals surface area contributed by atoms with Crippen LogP contribution in [-0.2, 0) is 20.9 Å². The Labute approximate surface area is 217 Å². The largest absolute Gasteiger partial charge is 0.374 e. The second-order valence-corrected chi connectivity index (χ2v) is 10.0. The Morgan fingerprint density at radius 2 is 1.64 bits per heavy atom. The second-order valence-electron chi connectivity index (χ2n) is 10.0. The molecule has 0 fully saturated rings. The van der Waals surface area contributed by atoms with Crippen LogP contribution in [0.15, 0.2) is 48.5 Å². The van der Waals surface area contributed by atoms with Crippen molar-refractivity contribution in [3.8, 4) is 11.8 Å². The predicted molar refractivity (Wildman–Crippen MR) is 149 cm³/mol. The normalized spacial score (nSPS) is 12.0. The minimum atomic E-state index is -0.287. The molecule has 1 aliphatic heterocycles. The van der Waals surface area contributed by atoms with Crippen molar-refractivity contribution in [1.29, 1.82) is 0 Å². The Hall–Kier alpha value is -2.98. The molecule has 0 radical (unpaired) electrons. The molecule has 1 heterocycles. The molecule has 0 bridgehead atoms. The molecule has 0 spiro atoms. The lowest BCUT2D eigenvalue weighted by atomic mass is 9.92. The smallest absolute Gasteiger partial charge is 0.125 e. The fourth-order valence-electron chi connectivity index (χ4n) is 3.08. The summed E-state index contributed by atoms with van der Waals surface area (Å²) in [5, 5.41) is 2.84. The van der Waals surface area contributed by atoms with Crippen LogP contribution in [0.5, 0.6) is 0 Å². The Balaban J connectivity index is 0.000000304. The van der Waals surface area contributed by atoms with Gasteiger partial charge in [0.2, 0.25) is 0 Å². The maximum atomic E-state index is 10.6. The molecule has 2 aromatic rings. The monoisotopic (exact) mass is 493 g/mol. The number of nitrogens with one attached hydrogen (secondary N) is 1. The number of nitrogens with zero attached hydrogens (tertiary/aromatic N) is 1. The lowest BCUT2D eigenvalue weighted by Crippen LogP contribution is -2.35. The summed E-state index contributed by atoms with van der Waals surface area (Å²) in [5.41, 5.74) is 9.65. The van der Waals surface area contributed by atoms with Crippen LogP contribution in [0.1, 0.15) is 57.2 Å².